The lowest BCUT2D eigenvalue weighted by Gasteiger charge is -2.10. The van der Waals surface area contributed by atoms with Gasteiger partial charge in [0.05, 0.1) is 10.6 Å². The number of rotatable bonds is 5. The number of fused-ring (bicyclic) bond motifs is 1. The highest BCUT2D eigenvalue weighted by atomic mass is 32.2. The van der Waals surface area contributed by atoms with Gasteiger partial charge in [-0.05, 0) is 43.5 Å². The van der Waals surface area contributed by atoms with Gasteiger partial charge in [0.15, 0.2) is 9.84 Å². The van der Waals surface area contributed by atoms with Gasteiger partial charge >= 0.3 is 0 Å². The van der Waals surface area contributed by atoms with E-state index in [-0.39, 0.29) is 4.90 Å². The second-order valence-corrected chi connectivity index (χ2v) is 8.58. The van der Waals surface area contributed by atoms with Crippen LogP contribution in [-0.4, -0.2) is 34.4 Å². The highest BCUT2D eigenvalue weighted by Gasteiger charge is 2.21. The molecule has 0 fully saturated rings. The molecule has 0 unspecified atom stereocenters. The fourth-order valence-corrected chi connectivity index (χ4v) is 3.89. The molecule has 2 heterocycles. The first-order valence-corrected chi connectivity index (χ1v) is 10.5. The zero-order chi connectivity index (χ0) is 19.0. The van der Waals surface area contributed by atoms with Crippen molar-refractivity contribution in [2.75, 3.05) is 16.9 Å². The van der Waals surface area contributed by atoms with Gasteiger partial charge in [0, 0.05) is 30.8 Å². The summed E-state index contributed by atoms with van der Waals surface area (Å²) >= 11 is 0. The number of anilines is 4. The highest BCUT2D eigenvalue weighted by Crippen LogP contribution is 2.30. The van der Waals surface area contributed by atoms with E-state index < -0.39 is 9.84 Å². The molecule has 140 valence electrons. The number of aryl methyl sites for hydroxylation is 2. The van der Waals surface area contributed by atoms with Crippen molar-refractivity contribution >= 4 is 33.1 Å². The zero-order valence-corrected chi connectivity index (χ0v) is 15.9. The Morgan fingerprint density at radius 3 is 2.81 bits per heavy atom. The number of hydrogen-bond donors (Lipinski definition) is 2. The maximum absolute atomic E-state index is 11.7. The Hall–Kier alpha value is -2.94. The van der Waals surface area contributed by atoms with Crippen molar-refractivity contribution in [2.45, 2.75) is 24.2 Å². The Morgan fingerprint density at radius 2 is 2.00 bits per heavy atom. The van der Waals surface area contributed by atoms with Gasteiger partial charge in [0.25, 0.3) is 0 Å². The van der Waals surface area contributed by atoms with E-state index in [2.05, 4.69) is 25.7 Å². The van der Waals surface area contributed by atoms with E-state index in [1.807, 2.05) is 11.7 Å². The minimum Gasteiger partial charge on any atom is -0.325 e. The summed E-state index contributed by atoms with van der Waals surface area (Å²) in [5, 5.41) is 10.9. The first-order valence-electron chi connectivity index (χ1n) is 8.62. The smallest absolute Gasteiger partial charge is 0.229 e. The molecule has 1 aromatic carbocycles. The molecular formula is C18H20N6O2S. The van der Waals surface area contributed by atoms with Crippen molar-refractivity contribution in [1.29, 1.82) is 0 Å². The number of aromatic nitrogens is 4. The summed E-state index contributed by atoms with van der Waals surface area (Å²) in [4.78, 5) is 8.94. The molecule has 2 N–H and O–H groups in total. The van der Waals surface area contributed by atoms with E-state index in [1.54, 1.807) is 36.5 Å². The van der Waals surface area contributed by atoms with Crippen molar-refractivity contribution in [3.8, 4) is 0 Å². The molecule has 0 amide bonds. The fraction of sp³-hybridized carbons (Fsp3) is 0.278. The van der Waals surface area contributed by atoms with E-state index in [0.717, 1.165) is 30.8 Å². The van der Waals surface area contributed by atoms with Crippen LogP contribution in [0.15, 0.2) is 41.4 Å². The monoisotopic (exact) mass is 384 g/mol. The summed E-state index contributed by atoms with van der Waals surface area (Å²) in [6.45, 7) is 0. The lowest BCUT2D eigenvalue weighted by Crippen LogP contribution is -2.05. The third kappa shape index (κ3) is 3.63. The second kappa shape index (κ2) is 6.66. The van der Waals surface area contributed by atoms with Crippen LogP contribution in [0.3, 0.4) is 0 Å². The van der Waals surface area contributed by atoms with E-state index in [4.69, 9.17) is 0 Å². The molecular weight excluding hydrogens is 364 g/mol. The van der Waals surface area contributed by atoms with Gasteiger partial charge in [0.2, 0.25) is 5.95 Å². The Kier molecular flexibility index (Phi) is 4.31. The molecule has 0 atom stereocenters. The van der Waals surface area contributed by atoms with Crippen LogP contribution in [0.1, 0.15) is 17.7 Å². The molecule has 1 aliphatic rings. The molecule has 0 spiro atoms. The molecule has 0 aliphatic heterocycles. The molecule has 27 heavy (non-hydrogen) atoms. The summed E-state index contributed by atoms with van der Waals surface area (Å²) in [5.41, 5.74) is 2.99. The van der Waals surface area contributed by atoms with Gasteiger partial charge in [-0.2, -0.15) is 10.1 Å². The first-order chi connectivity index (χ1) is 12.9. The molecule has 3 aromatic rings. The normalized spacial score (nSPS) is 13.4. The van der Waals surface area contributed by atoms with E-state index in [0.29, 0.717) is 17.5 Å². The summed E-state index contributed by atoms with van der Waals surface area (Å²) in [7, 11) is -1.36. The fourth-order valence-electron chi connectivity index (χ4n) is 3.22. The van der Waals surface area contributed by atoms with Crippen molar-refractivity contribution in [3.05, 3.63) is 47.8 Å². The summed E-state index contributed by atoms with van der Waals surface area (Å²) in [6, 6.07) is 8.35. The van der Waals surface area contributed by atoms with Gasteiger partial charge in [-0.25, -0.2) is 13.4 Å². The zero-order valence-electron chi connectivity index (χ0n) is 15.1. The number of sulfone groups is 1. The van der Waals surface area contributed by atoms with Gasteiger partial charge in [0.1, 0.15) is 11.6 Å². The molecule has 8 nitrogen and oxygen atoms in total. The van der Waals surface area contributed by atoms with Crippen molar-refractivity contribution in [3.63, 3.8) is 0 Å². The number of benzene rings is 1. The third-order valence-corrected chi connectivity index (χ3v) is 5.60. The molecule has 9 heteroatoms. The topological polar surface area (TPSA) is 102 Å². The first kappa shape index (κ1) is 17.5. The van der Waals surface area contributed by atoms with E-state index >= 15 is 0 Å². The van der Waals surface area contributed by atoms with Crippen LogP contribution in [0.5, 0.6) is 0 Å². The van der Waals surface area contributed by atoms with Crippen LogP contribution < -0.4 is 10.6 Å². The SMILES string of the molecule is Cn1nc2c(c1Nc1ccnc(Nc3cccc(S(C)(=O)=O)c3)n1)CCC2. The van der Waals surface area contributed by atoms with E-state index in [1.165, 1.54) is 11.8 Å². The van der Waals surface area contributed by atoms with Crippen molar-refractivity contribution in [1.82, 2.24) is 19.7 Å². The van der Waals surface area contributed by atoms with Gasteiger partial charge in [-0.3, -0.25) is 4.68 Å². The van der Waals surface area contributed by atoms with E-state index in [9.17, 15) is 8.42 Å². The summed E-state index contributed by atoms with van der Waals surface area (Å²) in [6.07, 6.45) is 5.98. The molecule has 1 aliphatic carbocycles. The van der Waals surface area contributed by atoms with Crippen LogP contribution in [0.25, 0.3) is 0 Å². The minimum absolute atomic E-state index is 0.243. The minimum atomic E-state index is -3.27. The quantitative estimate of drug-likeness (QED) is 0.697. The number of hydrogen-bond acceptors (Lipinski definition) is 7. The number of nitrogens with one attached hydrogen (secondary N) is 2. The average molecular weight is 384 g/mol. The maximum Gasteiger partial charge on any atom is 0.229 e. The molecule has 0 saturated carbocycles. The average Bonchev–Trinajstić information content (AvgIpc) is 3.17. The second-order valence-electron chi connectivity index (χ2n) is 6.57. The molecule has 0 bridgehead atoms. The van der Waals surface area contributed by atoms with Gasteiger partial charge in [-0.1, -0.05) is 6.07 Å². The maximum atomic E-state index is 11.7. The van der Waals surface area contributed by atoms with Crippen LogP contribution in [0, 0.1) is 0 Å². The lowest BCUT2D eigenvalue weighted by molar-refractivity contribution is 0.602. The highest BCUT2D eigenvalue weighted by molar-refractivity contribution is 7.90. The Morgan fingerprint density at radius 1 is 1.15 bits per heavy atom. The van der Waals surface area contributed by atoms with Crippen LogP contribution in [0.2, 0.25) is 0 Å². The lowest BCUT2D eigenvalue weighted by atomic mass is 10.2. The van der Waals surface area contributed by atoms with Crippen molar-refractivity contribution < 1.29 is 8.42 Å². The Bertz CT molecular complexity index is 1110. The van der Waals surface area contributed by atoms with Crippen molar-refractivity contribution in [2.24, 2.45) is 7.05 Å². The van der Waals surface area contributed by atoms with Crippen LogP contribution in [-0.2, 0) is 29.7 Å². The Labute approximate surface area is 157 Å². The molecule has 0 saturated heterocycles. The third-order valence-electron chi connectivity index (χ3n) is 4.49. The molecule has 2 aromatic heterocycles. The standard InChI is InChI=1S/C18H20N6O2S/c1-24-17(14-7-4-8-15(14)23-24)21-16-9-10-19-18(22-16)20-12-5-3-6-13(11-12)27(2,25)26/h3,5-6,9-11H,4,7-8H2,1-2H3,(H2,19,20,21,22). The Balaban J connectivity index is 1.57. The summed E-state index contributed by atoms with van der Waals surface area (Å²) in [5.74, 6) is 1.97. The molecule has 0 radical (unpaired) electrons. The summed E-state index contributed by atoms with van der Waals surface area (Å²) < 4.78 is 25.3. The van der Waals surface area contributed by atoms with Crippen LogP contribution in [0.4, 0.5) is 23.3 Å². The molecule has 4 rings (SSSR count). The largest absolute Gasteiger partial charge is 0.325 e. The van der Waals surface area contributed by atoms with Gasteiger partial charge < -0.3 is 10.6 Å². The van der Waals surface area contributed by atoms with Crippen LogP contribution >= 0.6 is 0 Å². The predicted octanol–water partition coefficient (Wildman–Crippen LogP) is 2.59. The number of nitrogens with zero attached hydrogens (tertiary/aromatic N) is 4. The van der Waals surface area contributed by atoms with Gasteiger partial charge in [-0.15, -0.1) is 0 Å². The predicted molar refractivity (Wildman–Crippen MR) is 103 cm³/mol.